The molecule has 3 aromatic carbocycles. The first kappa shape index (κ1) is 28.5. The summed E-state index contributed by atoms with van der Waals surface area (Å²) in [5.41, 5.74) is 1.64. The van der Waals surface area contributed by atoms with Crippen molar-refractivity contribution in [2.75, 3.05) is 17.4 Å². The van der Waals surface area contributed by atoms with Crippen molar-refractivity contribution in [2.45, 2.75) is 38.3 Å². The molecule has 196 valence electrons. The molecule has 3 aromatic rings. The molecule has 0 saturated heterocycles. The van der Waals surface area contributed by atoms with Gasteiger partial charge in [-0.3, -0.25) is 13.9 Å². The number of amides is 2. The van der Waals surface area contributed by atoms with Crippen LogP contribution in [-0.4, -0.2) is 44.3 Å². The number of sulfonamides is 1. The lowest BCUT2D eigenvalue weighted by atomic mass is 10.1. The Morgan fingerprint density at radius 3 is 2.19 bits per heavy atom. The maximum Gasteiger partial charge on any atom is 0.264 e. The molecule has 0 saturated carbocycles. The Hall–Kier alpha value is -3.07. The molecule has 0 aliphatic carbocycles. The Bertz CT molecular complexity index is 1350. The van der Waals surface area contributed by atoms with Gasteiger partial charge < -0.3 is 10.2 Å². The molecule has 7 nitrogen and oxygen atoms in total. The molecular weight excluding hydrogens is 533 g/mol. The van der Waals surface area contributed by atoms with E-state index in [0.29, 0.717) is 22.2 Å². The standard InChI is InChI=1S/C27H29Cl2N3O4S/c1-4-30-27(34)20(3)31(17-21-11-14-22(28)15-12-21)26(33)18-32(25-16-23(29)13-10-19(25)2)37(35,36)24-8-6-5-7-9-24/h5-16,20H,4,17-18H2,1-3H3,(H,30,34)/t20-/m0/s1. The molecule has 0 aliphatic rings. The molecule has 10 heteroatoms. The number of carbonyl (C=O) groups is 2. The summed E-state index contributed by atoms with van der Waals surface area (Å²) in [4.78, 5) is 27.9. The van der Waals surface area contributed by atoms with Gasteiger partial charge in [0, 0.05) is 23.1 Å². The summed E-state index contributed by atoms with van der Waals surface area (Å²) in [6.45, 7) is 5.08. The molecular formula is C27H29Cl2N3O4S. The van der Waals surface area contributed by atoms with Crippen molar-refractivity contribution < 1.29 is 18.0 Å². The van der Waals surface area contributed by atoms with Crippen LogP contribution in [0.5, 0.6) is 0 Å². The molecule has 1 atom stereocenters. The van der Waals surface area contributed by atoms with Crippen molar-refractivity contribution in [3.05, 3.63) is 94.0 Å². The van der Waals surface area contributed by atoms with E-state index in [2.05, 4.69) is 5.32 Å². The van der Waals surface area contributed by atoms with Crippen LogP contribution in [0.3, 0.4) is 0 Å². The van der Waals surface area contributed by atoms with Crippen LogP contribution in [0.4, 0.5) is 5.69 Å². The predicted molar refractivity (Wildman–Crippen MR) is 147 cm³/mol. The third kappa shape index (κ3) is 7.03. The van der Waals surface area contributed by atoms with Gasteiger partial charge in [0.15, 0.2) is 0 Å². The molecule has 0 heterocycles. The van der Waals surface area contributed by atoms with Crippen LogP contribution in [0, 0.1) is 6.92 Å². The monoisotopic (exact) mass is 561 g/mol. The molecule has 2 amide bonds. The fourth-order valence-electron chi connectivity index (χ4n) is 3.78. The van der Waals surface area contributed by atoms with Gasteiger partial charge in [-0.25, -0.2) is 8.42 Å². The predicted octanol–water partition coefficient (Wildman–Crippen LogP) is 5.05. The number of likely N-dealkylation sites (N-methyl/N-ethyl adjacent to an activating group) is 1. The minimum Gasteiger partial charge on any atom is -0.355 e. The lowest BCUT2D eigenvalue weighted by Crippen LogP contribution is -2.51. The van der Waals surface area contributed by atoms with Crippen LogP contribution in [0.15, 0.2) is 77.7 Å². The van der Waals surface area contributed by atoms with E-state index in [1.807, 2.05) is 0 Å². The Morgan fingerprint density at radius 1 is 0.946 bits per heavy atom. The van der Waals surface area contributed by atoms with Crippen LogP contribution in [0.1, 0.15) is 25.0 Å². The van der Waals surface area contributed by atoms with Gasteiger partial charge in [0.2, 0.25) is 11.8 Å². The SMILES string of the molecule is CCNC(=O)[C@H](C)N(Cc1ccc(Cl)cc1)C(=O)CN(c1cc(Cl)ccc1C)S(=O)(=O)c1ccccc1. The zero-order valence-electron chi connectivity index (χ0n) is 20.8. The number of hydrogen-bond donors (Lipinski definition) is 1. The zero-order valence-corrected chi connectivity index (χ0v) is 23.1. The van der Waals surface area contributed by atoms with Crippen molar-refractivity contribution in [3.8, 4) is 0 Å². The smallest absolute Gasteiger partial charge is 0.264 e. The number of hydrogen-bond acceptors (Lipinski definition) is 4. The minimum absolute atomic E-state index is 0.0307. The van der Waals surface area contributed by atoms with Gasteiger partial charge in [-0.15, -0.1) is 0 Å². The zero-order chi connectivity index (χ0) is 27.2. The maximum absolute atomic E-state index is 13.8. The van der Waals surface area contributed by atoms with Gasteiger partial charge in [0.25, 0.3) is 10.0 Å². The van der Waals surface area contributed by atoms with Gasteiger partial charge in [-0.05, 0) is 68.3 Å². The summed E-state index contributed by atoms with van der Waals surface area (Å²) in [6, 6.07) is 18.8. The molecule has 0 spiro atoms. The Labute approximate surface area is 228 Å². The number of carbonyl (C=O) groups excluding carboxylic acids is 2. The van der Waals surface area contributed by atoms with Gasteiger partial charge in [-0.1, -0.05) is 59.6 Å². The van der Waals surface area contributed by atoms with Crippen LogP contribution >= 0.6 is 23.2 Å². The minimum atomic E-state index is -4.15. The summed E-state index contributed by atoms with van der Waals surface area (Å²) < 4.78 is 28.6. The summed E-state index contributed by atoms with van der Waals surface area (Å²) >= 11 is 12.2. The third-order valence-electron chi connectivity index (χ3n) is 5.83. The Morgan fingerprint density at radius 2 is 1.57 bits per heavy atom. The Balaban J connectivity index is 2.05. The number of nitrogens with zero attached hydrogens (tertiary/aromatic N) is 2. The lowest BCUT2D eigenvalue weighted by Gasteiger charge is -2.32. The lowest BCUT2D eigenvalue weighted by molar-refractivity contribution is -0.139. The number of halogens is 2. The molecule has 3 rings (SSSR count). The number of aryl methyl sites for hydroxylation is 1. The van der Waals surface area contributed by atoms with E-state index in [1.165, 1.54) is 23.1 Å². The molecule has 0 aromatic heterocycles. The van der Waals surface area contributed by atoms with Crippen molar-refractivity contribution >= 4 is 50.7 Å². The largest absolute Gasteiger partial charge is 0.355 e. The van der Waals surface area contributed by atoms with E-state index >= 15 is 0 Å². The average molecular weight is 563 g/mol. The highest BCUT2D eigenvalue weighted by Crippen LogP contribution is 2.30. The maximum atomic E-state index is 13.8. The van der Waals surface area contributed by atoms with E-state index in [0.717, 1.165) is 9.87 Å². The van der Waals surface area contributed by atoms with Crippen molar-refractivity contribution in [3.63, 3.8) is 0 Å². The van der Waals surface area contributed by atoms with E-state index < -0.39 is 28.5 Å². The Kier molecular flexibility index (Phi) is 9.59. The van der Waals surface area contributed by atoms with Crippen LogP contribution in [-0.2, 0) is 26.2 Å². The van der Waals surface area contributed by atoms with Crippen molar-refractivity contribution in [2.24, 2.45) is 0 Å². The summed E-state index contributed by atoms with van der Waals surface area (Å²) in [7, 11) is -4.15. The second-order valence-corrected chi connectivity index (χ2v) is 11.2. The molecule has 0 aliphatic heterocycles. The highest BCUT2D eigenvalue weighted by Gasteiger charge is 2.33. The fourth-order valence-corrected chi connectivity index (χ4v) is 5.56. The highest BCUT2D eigenvalue weighted by molar-refractivity contribution is 7.92. The second-order valence-electron chi connectivity index (χ2n) is 8.47. The van der Waals surface area contributed by atoms with E-state index in [9.17, 15) is 18.0 Å². The van der Waals surface area contributed by atoms with Crippen LogP contribution in [0.25, 0.3) is 0 Å². The summed E-state index contributed by atoms with van der Waals surface area (Å²) in [6.07, 6.45) is 0. The number of nitrogens with one attached hydrogen (secondary N) is 1. The molecule has 0 radical (unpaired) electrons. The highest BCUT2D eigenvalue weighted by atomic mass is 35.5. The van der Waals surface area contributed by atoms with Gasteiger partial charge >= 0.3 is 0 Å². The van der Waals surface area contributed by atoms with Crippen LogP contribution in [0.2, 0.25) is 10.0 Å². The summed E-state index contributed by atoms with van der Waals surface area (Å²) in [5.74, 6) is -0.895. The second kappa shape index (κ2) is 12.4. The first-order chi connectivity index (χ1) is 17.5. The molecule has 0 fully saturated rings. The molecule has 0 bridgehead atoms. The fraction of sp³-hybridized carbons (Fsp3) is 0.259. The topological polar surface area (TPSA) is 86.8 Å². The quantitative estimate of drug-likeness (QED) is 0.375. The van der Waals surface area contributed by atoms with E-state index in [4.69, 9.17) is 23.2 Å². The van der Waals surface area contributed by atoms with Gasteiger partial charge in [-0.2, -0.15) is 0 Å². The average Bonchev–Trinajstić information content (AvgIpc) is 2.88. The van der Waals surface area contributed by atoms with Crippen LogP contribution < -0.4 is 9.62 Å². The third-order valence-corrected chi connectivity index (χ3v) is 8.10. The van der Waals surface area contributed by atoms with Crippen molar-refractivity contribution in [1.82, 2.24) is 10.2 Å². The van der Waals surface area contributed by atoms with E-state index in [1.54, 1.807) is 75.4 Å². The first-order valence-corrected chi connectivity index (χ1v) is 13.9. The molecule has 1 N–H and O–H groups in total. The summed E-state index contributed by atoms with van der Waals surface area (Å²) in [5, 5.41) is 3.60. The number of benzene rings is 3. The van der Waals surface area contributed by atoms with Gasteiger partial charge in [0.05, 0.1) is 10.6 Å². The number of anilines is 1. The van der Waals surface area contributed by atoms with Crippen molar-refractivity contribution in [1.29, 1.82) is 0 Å². The first-order valence-electron chi connectivity index (χ1n) is 11.7. The molecule has 0 unspecified atom stereocenters. The van der Waals surface area contributed by atoms with Gasteiger partial charge in [0.1, 0.15) is 12.6 Å². The molecule has 37 heavy (non-hydrogen) atoms. The number of rotatable bonds is 10. The normalized spacial score (nSPS) is 12.0. The van der Waals surface area contributed by atoms with E-state index in [-0.39, 0.29) is 23.0 Å².